The Kier molecular flexibility index (Phi) is 3.19. The average molecular weight is 288 g/mol. The first kappa shape index (κ1) is 14.6. The zero-order chi connectivity index (χ0) is 15.4. The van der Waals surface area contributed by atoms with E-state index in [1.165, 1.54) is 0 Å². The van der Waals surface area contributed by atoms with Gasteiger partial charge in [0.15, 0.2) is 0 Å². The molecule has 3 rings (SSSR count). The predicted molar refractivity (Wildman–Crippen MR) is 80.7 cm³/mol. The molecule has 0 bridgehead atoms. The smallest absolute Gasteiger partial charge is 0.459 e. The van der Waals surface area contributed by atoms with E-state index in [2.05, 4.69) is 0 Å². The third kappa shape index (κ3) is 2.38. The molecule has 0 unspecified atom stereocenters. The van der Waals surface area contributed by atoms with Crippen LogP contribution in [0.15, 0.2) is 18.2 Å². The maximum atomic E-state index is 11.8. The van der Waals surface area contributed by atoms with E-state index in [-0.39, 0.29) is 23.3 Å². The number of ether oxygens (including phenoxy) is 1. The third-order valence-corrected chi connectivity index (χ3v) is 4.69. The predicted octanol–water partition coefficient (Wildman–Crippen LogP) is 2.09. The van der Waals surface area contributed by atoms with Crippen LogP contribution in [0.5, 0.6) is 0 Å². The van der Waals surface area contributed by atoms with E-state index in [0.717, 1.165) is 17.4 Å². The lowest BCUT2D eigenvalue weighted by atomic mass is 9.77. The van der Waals surface area contributed by atoms with Crippen LogP contribution in [0.3, 0.4) is 0 Å². The van der Waals surface area contributed by atoms with Gasteiger partial charge in [-0.3, -0.25) is 0 Å². The van der Waals surface area contributed by atoms with Gasteiger partial charge in [0.05, 0.1) is 16.8 Å². The molecular formula is C16H21BO4. The van der Waals surface area contributed by atoms with Gasteiger partial charge in [-0.15, -0.1) is 0 Å². The molecule has 0 radical (unpaired) electrons. The van der Waals surface area contributed by atoms with Crippen LogP contribution < -0.4 is 5.46 Å². The number of carbonyl (C=O) groups excluding carboxylic acids is 1. The van der Waals surface area contributed by atoms with E-state index >= 15 is 0 Å². The largest absolute Gasteiger partial charge is 0.494 e. The van der Waals surface area contributed by atoms with Crippen molar-refractivity contribution in [2.75, 3.05) is 0 Å². The number of benzene rings is 1. The number of carbonyl (C=O) groups is 1. The van der Waals surface area contributed by atoms with Crippen molar-refractivity contribution in [2.24, 2.45) is 0 Å². The Hall–Kier alpha value is -1.33. The summed E-state index contributed by atoms with van der Waals surface area (Å²) in [6.07, 6.45) is 0.646. The first-order valence-electron chi connectivity index (χ1n) is 7.39. The van der Waals surface area contributed by atoms with Gasteiger partial charge >= 0.3 is 13.1 Å². The fourth-order valence-corrected chi connectivity index (χ4v) is 2.70. The highest BCUT2D eigenvalue weighted by Crippen LogP contribution is 2.36. The molecule has 21 heavy (non-hydrogen) atoms. The minimum atomic E-state index is -0.395. The first-order valence-corrected chi connectivity index (χ1v) is 7.39. The van der Waals surface area contributed by atoms with Crippen molar-refractivity contribution in [3.63, 3.8) is 0 Å². The van der Waals surface area contributed by atoms with Gasteiger partial charge in [0.2, 0.25) is 0 Å². The van der Waals surface area contributed by atoms with Gasteiger partial charge in [-0.2, -0.15) is 0 Å². The Bertz CT molecular complexity index is 578. The molecule has 1 fully saturated rings. The van der Waals surface area contributed by atoms with Crippen molar-refractivity contribution in [3.8, 4) is 0 Å². The van der Waals surface area contributed by atoms with Crippen LogP contribution in [0.1, 0.15) is 50.5 Å². The lowest BCUT2D eigenvalue weighted by Crippen LogP contribution is -2.41. The standard InChI is InChI=1S/C16H21BO4/c1-10-8-11-9-12(6-7-13(11)14(18)19-10)17-20-15(2,3)16(4,5)21-17/h6-7,9-10H,8H2,1-5H3/t10-/m1/s1. The number of rotatable bonds is 1. The number of hydrogen-bond donors (Lipinski definition) is 0. The van der Waals surface area contributed by atoms with Crippen LogP contribution in [0.4, 0.5) is 0 Å². The highest BCUT2D eigenvalue weighted by Gasteiger charge is 2.51. The van der Waals surface area contributed by atoms with Gasteiger partial charge in [0, 0.05) is 6.42 Å². The van der Waals surface area contributed by atoms with Crippen LogP contribution >= 0.6 is 0 Å². The molecule has 0 aromatic heterocycles. The van der Waals surface area contributed by atoms with Crippen LogP contribution in [-0.2, 0) is 20.5 Å². The fraction of sp³-hybridized carbons (Fsp3) is 0.562. The maximum absolute atomic E-state index is 11.8. The summed E-state index contributed by atoms with van der Waals surface area (Å²) < 4.78 is 17.4. The summed E-state index contributed by atoms with van der Waals surface area (Å²) in [6.45, 7) is 10.0. The van der Waals surface area contributed by atoms with Crippen LogP contribution in [0.25, 0.3) is 0 Å². The van der Waals surface area contributed by atoms with Crippen molar-refractivity contribution in [1.29, 1.82) is 0 Å². The van der Waals surface area contributed by atoms with Crippen molar-refractivity contribution < 1.29 is 18.8 Å². The summed E-state index contributed by atoms with van der Waals surface area (Å²) in [4.78, 5) is 11.8. The zero-order valence-electron chi connectivity index (χ0n) is 13.2. The molecule has 2 aliphatic heterocycles. The first-order chi connectivity index (χ1) is 9.69. The Morgan fingerprint density at radius 2 is 1.76 bits per heavy atom. The minimum Gasteiger partial charge on any atom is -0.459 e. The van der Waals surface area contributed by atoms with E-state index in [1.54, 1.807) is 0 Å². The number of fused-ring (bicyclic) bond motifs is 1. The molecule has 1 aromatic carbocycles. The molecule has 2 aliphatic rings. The van der Waals surface area contributed by atoms with Gasteiger partial charge < -0.3 is 14.0 Å². The van der Waals surface area contributed by atoms with Crippen LogP contribution in [0, 0.1) is 0 Å². The normalized spacial score (nSPS) is 26.4. The second-order valence-electron chi connectivity index (χ2n) is 6.92. The summed E-state index contributed by atoms with van der Waals surface area (Å²) in [5.74, 6) is -0.246. The highest BCUT2D eigenvalue weighted by molar-refractivity contribution is 6.62. The third-order valence-electron chi connectivity index (χ3n) is 4.69. The van der Waals surface area contributed by atoms with Gasteiger partial charge in [0.25, 0.3) is 0 Å². The van der Waals surface area contributed by atoms with E-state index in [1.807, 2.05) is 52.8 Å². The van der Waals surface area contributed by atoms with E-state index in [4.69, 9.17) is 14.0 Å². The highest BCUT2D eigenvalue weighted by atomic mass is 16.7. The van der Waals surface area contributed by atoms with Crippen LogP contribution in [-0.4, -0.2) is 30.4 Å². The fourth-order valence-electron chi connectivity index (χ4n) is 2.70. The Morgan fingerprint density at radius 1 is 1.14 bits per heavy atom. The maximum Gasteiger partial charge on any atom is 0.494 e. The molecule has 0 N–H and O–H groups in total. The Balaban J connectivity index is 1.92. The van der Waals surface area contributed by atoms with Crippen molar-refractivity contribution >= 4 is 18.6 Å². The molecule has 0 amide bonds. The molecule has 5 heteroatoms. The second kappa shape index (κ2) is 4.58. The van der Waals surface area contributed by atoms with Crippen LogP contribution in [0.2, 0.25) is 0 Å². The average Bonchev–Trinajstić information content (AvgIpc) is 2.57. The number of hydrogen-bond acceptors (Lipinski definition) is 4. The second-order valence-corrected chi connectivity index (χ2v) is 6.92. The molecule has 2 heterocycles. The number of esters is 1. The quantitative estimate of drug-likeness (QED) is 0.586. The summed E-state index contributed by atoms with van der Waals surface area (Å²) in [5.41, 5.74) is 1.88. The molecule has 1 atom stereocenters. The lowest BCUT2D eigenvalue weighted by Gasteiger charge is -2.32. The van der Waals surface area contributed by atoms with Gasteiger partial charge in [-0.1, -0.05) is 12.1 Å². The van der Waals surface area contributed by atoms with Crippen molar-refractivity contribution in [2.45, 2.75) is 58.3 Å². The summed E-state index contributed by atoms with van der Waals surface area (Å²) in [6, 6.07) is 5.70. The monoisotopic (exact) mass is 288 g/mol. The number of cyclic esters (lactones) is 1. The summed E-state index contributed by atoms with van der Waals surface area (Å²) in [7, 11) is -0.395. The topological polar surface area (TPSA) is 44.8 Å². The van der Waals surface area contributed by atoms with Crippen molar-refractivity contribution in [3.05, 3.63) is 29.3 Å². The lowest BCUT2D eigenvalue weighted by molar-refractivity contribution is 0.00578. The van der Waals surface area contributed by atoms with Gasteiger partial charge in [-0.25, -0.2) is 4.79 Å². The zero-order valence-corrected chi connectivity index (χ0v) is 13.2. The summed E-state index contributed by atoms with van der Waals surface area (Å²) >= 11 is 0. The van der Waals surface area contributed by atoms with E-state index < -0.39 is 7.12 Å². The Labute approximate surface area is 125 Å². The van der Waals surface area contributed by atoms with E-state index in [0.29, 0.717) is 5.56 Å². The molecule has 0 saturated carbocycles. The Morgan fingerprint density at radius 3 is 2.38 bits per heavy atom. The molecule has 0 spiro atoms. The molecule has 1 aromatic rings. The SMILES string of the molecule is C[C@@H]1Cc2cc(B3OC(C)(C)C(C)(C)O3)ccc2C(=O)O1. The molecule has 0 aliphatic carbocycles. The molecule has 112 valence electrons. The summed E-state index contributed by atoms with van der Waals surface area (Å²) in [5, 5.41) is 0. The van der Waals surface area contributed by atoms with Gasteiger partial charge in [-0.05, 0) is 51.7 Å². The van der Waals surface area contributed by atoms with Crippen molar-refractivity contribution in [1.82, 2.24) is 0 Å². The minimum absolute atomic E-state index is 0.0847. The molecule has 1 saturated heterocycles. The van der Waals surface area contributed by atoms with Gasteiger partial charge in [0.1, 0.15) is 6.10 Å². The molecule has 4 nitrogen and oxygen atoms in total. The molecular weight excluding hydrogens is 267 g/mol. The van der Waals surface area contributed by atoms with E-state index in [9.17, 15) is 4.79 Å².